The molecule has 7 rings (SSSR count). The molecule has 3 aromatic heterocycles. The summed E-state index contributed by atoms with van der Waals surface area (Å²) in [6, 6.07) is 3.70. The van der Waals surface area contributed by atoms with Gasteiger partial charge in [-0.25, -0.2) is 19.9 Å². The molecule has 0 aromatic carbocycles. The predicted molar refractivity (Wildman–Crippen MR) is 120 cm³/mol. The van der Waals surface area contributed by atoms with Gasteiger partial charge in [-0.3, -0.25) is 0 Å². The fraction of sp³-hybridized carbons (Fsp3) is 0.542. The van der Waals surface area contributed by atoms with Crippen LogP contribution in [0.4, 0.5) is 19.1 Å². The minimum absolute atomic E-state index is 0.0478. The highest BCUT2D eigenvalue weighted by molar-refractivity contribution is 5.77. The van der Waals surface area contributed by atoms with E-state index < -0.39 is 17.0 Å². The van der Waals surface area contributed by atoms with Gasteiger partial charge in [-0.15, -0.1) is 0 Å². The van der Waals surface area contributed by atoms with E-state index in [1.165, 1.54) is 0 Å². The van der Waals surface area contributed by atoms with Crippen molar-refractivity contribution in [3.8, 4) is 5.88 Å². The number of anilines is 1. The van der Waals surface area contributed by atoms with Crippen molar-refractivity contribution in [3.05, 3.63) is 41.0 Å². The summed E-state index contributed by atoms with van der Waals surface area (Å²) in [5.74, 6) is 0.945. The van der Waals surface area contributed by atoms with Gasteiger partial charge >= 0.3 is 6.18 Å². The Morgan fingerprint density at radius 2 is 1.83 bits per heavy atom. The first-order valence-electron chi connectivity index (χ1n) is 11.6. The number of rotatable bonds is 4. The third kappa shape index (κ3) is 3.35. The summed E-state index contributed by atoms with van der Waals surface area (Å²) in [5.41, 5.74) is 1.71. The Kier molecular flexibility index (Phi) is 4.77. The zero-order valence-electron chi connectivity index (χ0n) is 19.7. The van der Waals surface area contributed by atoms with Crippen LogP contribution in [-0.4, -0.2) is 57.9 Å². The first-order valence-corrected chi connectivity index (χ1v) is 11.6. The molecule has 184 valence electrons. The second kappa shape index (κ2) is 7.46. The molecule has 11 heteroatoms. The van der Waals surface area contributed by atoms with Crippen molar-refractivity contribution in [2.75, 3.05) is 31.7 Å². The van der Waals surface area contributed by atoms with Crippen molar-refractivity contribution in [1.82, 2.24) is 24.9 Å². The number of aromatic nitrogens is 5. The number of fused-ring (bicyclic) bond motifs is 1. The Morgan fingerprint density at radius 3 is 2.54 bits per heavy atom. The van der Waals surface area contributed by atoms with Gasteiger partial charge in [0.15, 0.2) is 5.65 Å². The molecular weight excluding hydrogens is 461 g/mol. The molecule has 4 aliphatic rings. The Balaban J connectivity index is 1.37. The summed E-state index contributed by atoms with van der Waals surface area (Å²) in [5, 5.41) is 0. The minimum atomic E-state index is -4.19. The Bertz CT molecular complexity index is 1310. The highest BCUT2D eigenvalue weighted by atomic mass is 19.4. The largest absolute Gasteiger partial charge is 0.481 e. The van der Waals surface area contributed by atoms with E-state index in [1.807, 2.05) is 30.9 Å². The molecule has 35 heavy (non-hydrogen) atoms. The average molecular weight is 486 g/mol. The van der Waals surface area contributed by atoms with Gasteiger partial charge in [0.1, 0.15) is 11.6 Å². The van der Waals surface area contributed by atoms with Gasteiger partial charge in [-0.2, -0.15) is 18.2 Å². The van der Waals surface area contributed by atoms with Crippen molar-refractivity contribution < 1.29 is 22.6 Å². The van der Waals surface area contributed by atoms with Gasteiger partial charge in [0.2, 0.25) is 11.8 Å². The lowest BCUT2D eigenvalue weighted by atomic mass is 9.34. The van der Waals surface area contributed by atoms with E-state index in [0.717, 1.165) is 17.0 Å². The molecule has 0 N–H and O–H groups in total. The molecule has 2 bridgehead atoms. The number of hydrogen-bond acceptors (Lipinski definition) is 8. The summed E-state index contributed by atoms with van der Waals surface area (Å²) in [7, 11) is 1.56. The van der Waals surface area contributed by atoms with E-state index in [-0.39, 0.29) is 25.4 Å². The maximum absolute atomic E-state index is 13.6. The molecule has 3 aliphatic carbocycles. The second-order valence-electron chi connectivity index (χ2n) is 9.96. The Labute approximate surface area is 199 Å². The number of pyridine rings is 1. The highest BCUT2D eigenvalue weighted by Gasteiger charge is 2.79. The van der Waals surface area contributed by atoms with Gasteiger partial charge < -0.3 is 14.4 Å². The molecular formula is C24H25F3N6O2. The van der Waals surface area contributed by atoms with Crippen LogP contribution in [-0.2, 0) is 10.2 Å². The van der Waals surface area contributed by atoms with Crippen molar-refractivity contribution in [3.63, 3.8) is 0 Å². The first kappa shape index (κ1) is 22.4. The van der Waals surface area contributed by atoms with Gasteiger partial charge in [-0.1, -0.05) is 0 Å². The monoisotopic (exact) mass is 486 g/mol. The first-order chi connectivity index (χ1) is 16.6. The van der Waals surface area contributed by atoms with Crippen molar-refractivity contribution in [2.24, 2.45) is 5.41 Å². The van der Waals surface area contributed by atoms with E-state index in [9.17, 15) is 13.2 Å². The topological polar surface area (TPSA) is 86.2 Å². The maximum Gasteiger partial charge on any atom is 0.394 e. The van der Waals surface area contributed by atoms with Gasteiger partial charge in [0.05, 0.1) is 42.8 Å². The molecule has 0 unspecified atom stereocenters. The molecule has 0 radical (unpaired) electrons. The lowest BCUT2D eigenvalue weighted by molar-refractivity contribution is -0.337. The Morgan fingerprint density at radius 1 is 1.09 bits per heavy atom. The SMILES string of the molecule is COc1cc([C@H]2CN(c3nc4nc(C)c(C)nc4c([C@]45C[C@@](C(F)(F)F)(C4)C5)n3)CCO2)ccn1. The van der Waals surface area contributed by atoms with Gasteiger partial charge in [0.25, 0.3) is 0 Å². The number of morpholine rings is 1. The minimum Gasteiger partial charge on any atom is -0.481 e. The zero-order chi connectivity index (χ0) is 24.6. The number of alkyl halides is 3. The number of aryl methyl sites for hydroxylation is 2. The summed E-state index contributed by atoms with van der Waals surface area (Å²) in [4.78, 5) is 25.0. The fourth-order valence-electron chi connectivity index (χ4n) is 5.72. The van der Waals surface area contributed by atoms with E-state index in [4.69, 9.17) is 19.4 Å². The molecule has 1 saturated heterocycles. The number of methoxy groups -OCH3 is 1. The van der Waals surface area contributed by atoms with Crippen LogP contribution in [0.1, 0.15) is 48.0 Å². The molecule has 1 aliphatic heterocycles. The third-order valence-corrected chi connectivity index (χ3v) is 7.75. The average Bonchev–Trinajstić information content (AvgIpc) is 2.77. The van der Waals surface area contributed by atoms with Crippen molar-refractivity contribution >= 4 is 17.1 Å². The van der Waals surface area contributed by atoms with E-state index in [1.54, 1.807) is 13.3 Å². The normalized spacial score (nSPS) is 27.9. The van der Waals surface area contributed by atoms with Crippen LogP contribution >= 0.6 is 0 Å². The van der Waals surface area contributed by atoms with Crippen LogP contribution < -0.4 is 9.64 Å². The standard InChI is InChI=1S/C24H25F3N6O2/c1-13-14(2)30-20-18(29-13)19(22-10-23(11-22,12-22)24(25,26)27)31-21(32-20)33-6-7-35-16(9-33)15-4-5-28-17(8-15)34-3/h4-5,8,16H,6-7,9-12H2,1-3H3/t16-,22-,23-/m1/s1. The zero-order valence-corrected chi connectivity index (χ0v) is 19.7. The summed E-state index contributed by atoms with van der Waals surface area (Å²) in [6.07, 6.45) is -2.63. The third-order valence-electron chi connectivity index (χ3n) is 7.75. The van der Waals surface area contributed by atoms with Gasteiger partial charge in [0, 0.05) is 24.2 Å². The quantitative estimate of drug-likeness (QED) is 0.547. The molecule has 3 saturated carbocycles. The maximum atomic E-state index is 13.6. The lowest BCUT2D eigenvalue weighted by Gasteiger charge is -2.70. The van der Waals surface area contributed by atoms with Crippen molar-refractivity contribution in [2.45, 2.75) is 50.8 Å². The smallest absolute Gasteiger partial charge is 0.394 e. The summed E-state index contributed by atoms with van der Waals surface area (Å²) >= 11 is 0. The van der Waals surface area contributed by atoms with Crippen molar-refractivity contribution in [1.29, 1.82) is 0 Å². The van der Waals surface area contributed by atoms with Gasteiger partial charge in [-0.05, 0) is 44.7 Å². The summed E-state index contributed by atoms with van der Waals surface area (Å²) < 4.78 is 51.9. The van der Waals surface area contributed by atoms with Crippen LogP contribution in [0.2, 0.25) is 0 Å². The number of ether oxygens (including phenoxy) is 2. The highest BCUT2D eigenvalue weighted by Crippen LogP contribution is 2.78. The molecule has 4 fully saturated rings. The number of nitrogens with zero attached hydrogens (tertiary/aromatic N) is 6. The molecule has 3 aromatic rings. The predicted octanol–water partition coefficient (Wildman–Crippen LogP) is 4.00. The van der Waals surface area contributed by atoms with E-state index in [0.29, 0.717) is 48.4 Å². The molecule has 1 atom stereocenters. The van der Waals surface area contributed by atoms with Crippen LogP contribution in [0.25, 0.3) is 11.2 Å². The second-order valence-corrected chi connectivity index (χ2v) is 9.96. The Hall–Kier alpha value is -3.08. The van der Waals surface area contributed by atoms with Crippen LogP contribution in [0.3, 0.4) is 0 Å². The summed E-state index contributed by atoms with van der Waals surface area (Å²) in [6.45, 7) is 5.18. The molecule has 4 heterocycles. The fourth-order valence-corrected chi connectivity index (χ4v) is 5.72. The van der Waals surface area contributed by atoms with E-state index in [2.05, 4.69) is 15.0 Å². The molecule has 0 spiro atoms. The number of hydrogen-bond donors (Lipinski definition) is 0. The molecule has 8 nitrogen and oxygen atoms in total. The molecule has 0 amide bonds. The van der Waals surface area contributed by atoms with E-state index >= 15 is 0 Å². The van der Waals surface area contributed by atoms with Crippen LogP contribution in [0, 0.1) is 19.3 Å². The lowest BCUT2D eigenvalue weighted by Crippen LogP contribution is -2.70. The number of halogens is 3. The van der Waals surface area contributed by atoms with Crippen LogP contribution in [0.5, 0.6) is 5.88 Å². The van der Waals surface area contributed by atoms with Crippen LogP contribution in [0.15, 0.2) is 18.3 Å².